The van der Waals surface area contributed by atoms with E-state index in [0.717, 1.165) is 17.1 Å². The molecule has 27 heavy (non-hydrogen) atoms. The minimum atomic E-state index is -0.250. The van der Waals surface area contributed by atoms with Gasteiger partial charge in [0, 0.05) is 18.3 Å². The van der Waals surface area contributed by atoms with Crippen molar-refractivity contribution in [1.29, 1.82) is 0 Å². The number of benzene rings is 1. The number of hydrogen-bond donors (Lipinski definition) is 1. The highest BCUT2D eigenvalue weighted by Crippen LogP contribution is 2.18. The van der Waals surface area contributed by atoms with Gasteiger partial charge in [0.1, 0.15) is 5.75 Å². The molecule has 0 radical (unpaired) electrons. The van der Waals surface area contributed by atoms with Crippen molar-refractivity contribution < 1.29 is 9.53 Å². The van der Waals surface area contributed by atoms with E-state index in [2.05, 4.69) is 20.7 Å². The number of amides is 1. The number of carbonyl (C=O) groups is 1. The smallest absolute Gasteiger partial charge is 0.273 e. The fourth-order valence-electron chi connectivity index (χ4n) is 2.89. The maximum Gasteiger partial charge on any atom is 0.273 e. The van der Waals surface area contributed by atoms with E-state index in [1.54, 1.807) is 11.8 Å². The van der Waals surface area contributed by atoms with Crippen molar-refractivity contribution in [2.45, 2.75) is 34.2 Å². The number of aryl methyl sites for hydroxylation is 1. The molecular formula is C19H24N6O2. The summed E-state index contributed by atoms with van der Waals surface area (Å²) < 4.78 is 8.77. The molecule has 2 heterocycles. The molecule has 0 atom stereocenters. The van der Waals surface area contributed by atoms with E-state index in [4.69, 9.17) is 4.74 Å². The second kappa shape index (κ2) is 7.61. The molecule has 1 N–H and O–H groups in total. The van der Waals surface area contributed by atoms with E-state index in [0.29, 0.717) is 30.2 Å². The quantitative estimate of drug-likeness (QED) is 0.720. The van der Waals surface area contributed by atoms with Crippen LogP contribution in [-0.4, -0.2) is 44.3 Å². The Morgan fingerprint density at radius 3 is 2.63 bits per heavy atom. The van der Waals surface area contributed by atoms with Crippen LogP contribution in [0.4, 0.5) is 0 Å². The van der Waals surface area contributed by atoms with E-state index in [1.165, 1.54) is 5.56 Å². The summed E-state index contributed by atoms with van der Waals surface area (Å²) in [6, 6.07) is 7.45. The summed E-state index contributed by atoms with van der Waals surface area (Å²) in [6.45, 7) is 8.95. The molecule has 0 unspecified atom stereocenters. The summed E-state index contributed by atoms with van der Waals surface area (Å²) in [5.41, 5.74) is 5.07. The van der Waals surface area contributed by atoms with Gasteiger partial charge in [-0.2, -0.15) is 5.10 Å². The number of ether oxygens (including phenoxy) is 1. The fraction of sp³-hybridized carbons (Fsp3) is 0.368. The van der Waals surface area contributed by atoms with Crippen molar-refractivity contribution in [3.8, 4) is 11.4 Å². The number of carbonyl (C=O) groups excluding carboxylic acids is 1. The zero-order chi connectivity index (χ0) is 19.6. The lowest BCUT2D eigenvalue weighted by Gasteiger charge is -2.07. The minimum absolute atomic E-state index is 0.250. The first-order valence-corrected chi connectivity index (χ1v) is 8.78. The van der Waals surface area contributed by atoms with Gasteiger partial charge in [0.25, 0.3) is 5.91 Å². The van der Waals surface area contributed by atoms with Gasteiger partial charge in [0.2, 0.25) is 0 Å². The van der Waals surface area contributed by atoms with Gasteiger partial charge >= 0.3 is 0 Å². The summed E-state index contributed by atoms with van der Waals surface area (Å²) in [6.07, 6.45) is 0. The van der Waals surface area contributed by atoms with E-state index < -0.39 is 0 Å². The van der Waals surface area contributed by atoms with Crippen LogP contribution in [0.2, 0.25) is 0 Å². The lowest BCUT2D eigenvalue weighted by molar-refractivity contribution is 0.0946. The number of nitrogens with zero attached hydrogens (tertiary/aromatic N) is 5. The van der Waals surface area contributed by atoms with Crippen LogP contribution in [0.3, 0.4) is 0 Å². The van der Waals surface area contributed by atoms with Crippen molar-refractivity contribution in [2.75, 3.05) is 13.7 Å². The lowest BCUT2D eigenvalue weighted by atomic mass is 10.2. The predicted octanol–water partition coefficient (Wildman–Crippen LogP) is 2.14. The molecule has 0 saturated heterocycles. The Morgan fingerprint density at radius 1 is 1.19 bits per heavy atom. The molecule has 2 aromatic heterocycles. The first-order chi connectivity index (χ1) is 12.9. The molecule has 0 spiro atoms. The lowest BCUT2D eigenvalue weighted by Crippen LogP contribution is -2.28. The Labute approximate surface area is 158 Å². The molecule has 8 nitrogen and oxygen atoms in total. The Morgan fingerprint density at radius 2 is 1.96 bits per heavy atom. The van der Waals surface area contributed by atoms with Gasteiger partial charge in [-0.1, -0.05) is 11.3 Å². The minimum Gasteiger partial charge on any atom is -0.497 e. The number of rotatable bonds is 6. The summed E-state index contributed by atoms with van der Waals surface area (Å²) in [4.78, 5) is 12.5. The van der Waals surface area contributed by atoms with Crippen molar-refractivity contribution in [3.63, 3.8) is 0 Å². The maximum absolute atomic E-state index is 12.5. The summed E-state index contributed by atoms with van der Waals surface area (Å²) >= 11 is 0. The normalized spacial score (nSPS) is 10.9. The van der Waals surface area contributed by atoms with Crippen LogP contribution in [0.15, 0.2) is 24.3 Å². The highest BCUT2D eigenvalue weighted by Gasteiger charge is 2.17. The van der Waals surface area contributed by atoms with Crippen LogP contribution in [0.5, 0.6) is 5.75 Å². The number of hydrogen-bond acceptors (Lipinski definition) is 5. The molecular weight excluding hydrogens is 344 g/mol. The third kappa shape index (κ3) is 3.69. The Bertz CT molecular complexity index is 973. The van der Waals surface area contributed by atoms with Crippen LogP contribution < -0.4 is 10.1 Å². The first kappa shape index (κ1) is 18.6. The van der Waals surface area contributed by atoms with Gasteiger partial charge in [-0.05, 0) is 45.4 Å². The topological polar surface area (TPSA) is 86.9 Å². The first-order valence-electron chi connectivity index (χ1n) is 8.78. The average Bonchev–Trinajstić information content (AvgIpc) is 3.17. The van der Waals surface area contributed by atoms with Crippen LogP contribution in [0.1, 0.15) is 33.1 Å². The van der Waals surface area contributed by atoms with E-state index in [9.17, 15) is 4.79 Å². The number of nitrogens with one attached hydrogen (secondary N) is 1. The molecule has 8 heteroatoms. The van der Waals surface area contributed by atoms with Crippen LogP contribution in [0.25, 0.3) is 5.69 Å². The van der Waals surface area contributed by atoms with Crippen LogP contribution in [0, 0.1) is 27.7 Å². The van der Waals surface area contributed by atoms with E-state index in [1.807, 2.05) is 56.6 Å². The van der Waals surface area contributed by atoms with E-state index in [-0.39, 0.29) is 5.91 Å². The fourth-order valence-corrected chi connectivity index (χ4v) is 2.89. The maximum atomic E-state index is 12.5. The number of methoxy groups -OCH3 is 1. The van der Waals surface area contributed by atoms with Crippen molar-refractivity contribution in [1.82, 2.24) is 30.1 Å². The zero-order valence-corrected chi connectivity index (χ0v) is 16.3. The second-order valence-corrected chi connectivity index (χ2v) is 6.41. The summed E-state index contributed by atoms with van der Waals surface area (Å²) in [5.74, 6) is 0.466. The van der Waals surface area contributed by atoms with Gasteiger partial charge in [-0.15, -0.1) is 5.10 Å². The van der Waals surface area contributed by atoms with Crippen LogP contribution >= 0.6 is 0 Å². The Kier molecular flexibility index (Phi) is 5.25. The van der Waals surface area contributed by atoms with Gasteiger partial charge in [0.05, 0.1) is 30.7 Å². The zero-order valence-electron chi connectivity index (χ0n) is 16.3. The molecule has 0 aliphatic rings. The molecule has 1 amide bonds. The largest absolute Gasteiger partial charge is 0.497 e. The Balaban J connectivity index is 1.68. The Hall–Kier alpha value is -3.16. The molecule has 0 saturated carbocycles. The molecule has 0 fully saturated rings. The molecule has 1 aromatic carbocycles. The average molecular weight is 368 g/mol. The van der Waals surface area contributed by atoms with Gasteiger partial charge in [-0.3, -0.25) is 9.48 Å². The van der Waals surface area contributed by atoms with Crippen molar-refractivity contribution in [3.05, 3.63) is 52.6 Å². The van der Waals surface area contributed by atoms with Gasteiger partial charge in [0.15, 0.2) is 5.69 Å². The third-order valence-corrected chi connectivity index (χ3v) is 4.76. The SMILES string of the molecule is COc1cccc(-n2nnc(C(=O)NCCn3nc(C)c(C)c3C)c2C)c1. The molecule has 142 valence electrons. The van der Waals surface area contributed by atoms with Crippen molar-refractivity contribution >= 4 is 5.91 Å². The highest BCUT2D eigenvalue weighted by atomic mass is 16.5. The van der Waals surface area contributed by atoms with Crippen LogP contribution in [-0.2, 0) is 6.54 Å². The second-order valence-electron chi connectivity index (χ2n) is 6.41. The number of aromatic nitrogens is 5. The standard InChI is InChI=1S/C19H24N6O2/c1-12-13(2)22-24(14(12)3)10-9-20-19(26)18-15(4)25(23-21-18)16-7-6-8-17(11-16)27-5/h6-8,11H,9-10H2,1-5H3,(H,20,26). The summed E-state index contributed by atoms with van der Waals surface area (Å²) in [7, 11) is 1.61. The van der Waals surface area contributed by atoms with Gasteiger partial charge in [-0.25, -0.2) is 4.68 Å². The third-order valence-electron chi connectivity index (χ3n) is 4.76. The summed E-state index contributed by atoms with van der Waals surface area (Å²) in [5, 5.41) is 15.5. The molecule has 0 aliphatic heterocycles. The molecule has 3 aromatic rings. The molecule has 0 aliphatic carbocycles. The van der Waals surface area contributed by atoms with Gasteiger partial charge < -0.3 is 10.1 Å². The molecule has 3 rings (SSSR count). The van der Waals surface area contributed by atoms with Crippen molar-refractivity contribution in [2.24, 2.45) is 0 Å². The highest BCUT2D eigenvalue weighted by molar-refractivity contribution is 5.93. The molecule has 0 bridgehead atoms. The monoisotopic (exact) mass is 368 g/mol. The van der Waals surface area contributed by atoms with E-state index >= 15 is 0 Å². The predicted molar refractivity (Wildman–Crippen MR) is 101 cm³/mol.